The van der Waals surface area contributed by atoms with Crippen LogP contribution in [-0.4, -0.2) is 64.9 Å². The standard InChI is InChI=1S/C23H27N8O6P/c1-3-35-17-6-4-16(5-7-17)30-13-19(21(29-30)18-11-24-8-9-25-18)27-22(32)20-14-36-23(28-20)15-10-26-31(12-15)37-38(2,33)34/h8-14,16-17H,3-7H2,1-2H3,(H,27,32)(H,33,34). The highest BCUT2D eigenvalue weighted by atomic mass is 31.2. The van der Waals surface area contributed by atoms with Crippen LogP contribution in [0.4, 0.5) is 5.69 Å². The van der Waals surface area contributed by atoms with Crippen LogP contribution in [0.5, 0.6) is 0 Å². The molecule has 1 saturated carbocycles. The first-order chi connectivity index (χ1) is 18.3. The minimum absolute atomic E-state index is 0.0204. The van der Waals surface area contributed by atoms with Crippen LogP contribution in [0.25, 0.3) is 22.8 Å². The fourth-order valence-corrected chi connectivity index (χ4v) is 4.70. The lowest BCUT2D eigenvalue weighted by molar-refractivity contribution is 0.0260. The number of amides is 1. The Morgan fingerprint density at radius 3 is 2.76 bits per heavy atom. The van der Waals surface area contributed by atoms with Gasteiger partial charge in [-0.2, -0.15) is 5.10 Å². The molecular weight excluding hydrogens is 515 g/mol. The van der Waals surface area contributed by atoms with Crippen molar-refractivity contribution < 1.29 is 28.0 Å². The van der Waals surface area contributed by atoms with Gasteiger partial charge in [-0.25, -0.2) is 9.55 Å². The average Bonchev–Trinajstić information content (AvgIpc) is 3.64. The number of hydrogen-bond acceptors (Lipinski definition) is 10. The van der Waals surface area contributed by atoms with E-state index in [0.717, 1.165) is 37.2 Å². The second kappa shape index (κ2) is 10.9. The molecule has 0 aromatic carbocycles. The molecule has 200 valence electrons. The second-order valence-corrected chi connectivity index (χ2v) is 10.6. The van der Waals surface area contributed by atoms with Crippen LogP contribution in [0.15, 0.2) is 47.9 Å². The van der Waals surface area contributed by atoms with Crippen LogP contribution in [0, 0.1) is 0 Å². The van der Waals surface area contributed by atoms with E-state index in [1.165, 1.54) is 18.7 Å². The Morgan fingerprint density at radius 1 is 1.24 bits per heavy atom. The molecule has 1 unspecified atom stereocenters. The quantitative estimate of drug-likeness (QED) is 0.297. The average molecular weight is 542 g/mol. The Balaban J connectivity index is 1.34. The maximum absolute atomic E-state index is 13.1. The lowest BCUT2D eigenvalue weighted by atomic mass is 9.93. The number of rotatable bonds is 9. The van der Waals surface area contributed by atoms with Gasteiger partial charge in [0, 0.05) is 25.2 Å². The van der Waals surface area contributed by atoms with Gasteiger partial charge in [-0.15, -0.1) is 5.10 Å². The van der Waals surface area contributed by atoms with Gasteiger partial charge < -0.3 is 24.0 Å². The number of oxazole rings is 1. The van der Waals surface area contributed by atoms with Gasteiger partial charge in [0.15, 0.2) is 5.69 Å². The van der Waals surface area contributed by atoms with Gasteiger partial charge in [-0.1, -0.05) is 4.85 Å². The molecule has 14 nitrogen and oxygen atoms in total. The van der Waals surface area contributed by atoms with E-state index in [9.17, 15) is 14.3 Å². The maximum Gasteiger partial charge on any atom is 0.394 e. The summed E-state index contributed by atoms with van der Waals surface area (Å²) in [5.74, 6) is -0.424. The predicted molar refractivity (Wildman–Crippen MR) is 134 cm³/mol. The van der Waals surface area contributed by atoms with Crippen molar-refractivity contribution in [2.75, 3.05) is 18.6 Å². The first kappa shape index (κ1) is 25.8. The minimum Gasteiger partial charge on any atom is -0.444 e. The Bertz CT molecular complexity index is 1440. The minimum atomic E-state index is -3.80. The lowest BCUT2D eigenvalue weighted by Gasteiger charge is -2.28. The van der Waals surface area contributed by atoms with Crippen LogP contribution < -0.4 is 9.94 Å². The van der Waals surface area contributed by atoms with Crippen LogP contribution in [0.1, 0.15) is 49.1 Å². The molecule has 5 rings (SSSR count). The Kier molecular flexibility index (Phi) is 7.36. The molecular formula is C23H27N8O6P. The highest BCUT2D eigenvalue weighted by molar-refractivity contribution is 7.52. The van der Waals surface area contributed by atoms with Crippen molar-refractivity contribution >= 4 is 19.2 Å². The number of ether oxygens (including phenoxy) is 1. The molecule has 2 N–H and O–H groups in total. The maximum atomic E-state index is 13.1. The molecule has 38 heavy (non-hydrogen) atoms. The molecule has 4 heterocycles. The third-order valence-electron chi connectivity index (χ3n) is 5.99. The zero-order valence-corrected chi connectivity index (χ0v) is 21.7. The summed E-state index contributed by atoms with van der Waals surface area (Å²) in [5, 5.41) is 11.5. The summed E-state index contributed by atoms with van der Waals surface area (Å²) in [6, 6.07) is 0.169. The third kappa shape index (κ3) is 5.98. The number of anilines is 1. The smallest absolute Gasteiger partial charge is 0.394 e. The molecule has 0 aliphatic heterocycles. The van der Waals surface area contributed by atoms with Crippen LogP contribution in [-0.2, 0) is 9.30 Å². The molecule has 1 fully saturated rings. The number of nitrogens with zero attached hydrogens (tertiary/aromatic N) is 7. The second-order valence-electron chi connectivity index (χ2n) is 8.86. The Morgan fingerprint density at radius 2 is 2.05 bits per heavy atom. The van der Waals surface area contributed by atoms with E-state index in [-0.39, 0.29) is 23.7 Å². The molecule has 4 aromatic rings. The van der Waals surface area contributed by atoms with Crippen molar-refractivity contribution in [2.24, 2.45) is 0 Å². The van der Waals surface area contributed by atoms with Gasteiger partial charge in [-0.3, -0.25) is 19.4 Å². The summed E-state index contributed by atoms with van der Waals surface area (Å²) in [6.07, 6.45) is 14.3. The SMILES string of the molecule is CCOC1CCC(n2cc(NC(=O)c3coc(-c4cnn(OP(C)(=O)O)c4)n3)c(-c3cnccn3)n2)CC1. The first-order valence-corrected chi connectivity index (χ1v) is 14.1. The van der Waals surface area contributed by atoms with Crippen LogP contribution in [0.3, 0.4) is 0 Å². The topological polar surface area (TPSA) is 172 Å². The van der Waals surface area contributed by atoms with E-state index in [2.05, 4.69) is 25.4 Å². The molecule has 1 aliphatic carbocycles. The van der Waals surface area contributed by atoms with Gasteiger partial charge in [-0.05, 0) is 32.6 Å². The van der Waals surface area contributed by atoms with Gasteiger partial charge in [0.05, 0.1) is 48.7 Å². The zero-order valence-electron chi connectivity index (χ0n) is 20.8. The van der Waals surface area contributed by atoms with E-state index in [1.54, 1.807) is 24.8 Å². The summed E-state index contributed by atoms with van der Waals surface area (Å²) >= 11 is 0. The van der Waals surface area contributed by atoms with Crippen molar-refractivity contribution in [1.29, 1.82) is 0 Å². The molecule has 1 aliphatic rings. The summed E-state index contributed by atoms with van der Waals surface area (Å²) in [6.45, 7) is 3.74. The zero-order chi connectivity index (χ0) is 26.7. The van der Waals surface area contributed by atoms with E-state index < -0.39 is 13.5 Å². The first-order valence-electron chi connectivity index (χ1n) is 12.1. The Hall–Kier alpha value is -3.87. The van der Waals surface area contributed by atoms with Crippen LogP contribution in [0.2, 0.25) is 0 Å². The van der Waals surface area contributed by atoms with Crippen molar-refractivity contribution in [3.63, 3.8) is 0 Å². The summed E-state index contributed by atoms with van der Waals surface area (Å²) in [5.41, 5.74) is 1.86. The van der Waals surface area contributed by atoms with Gasteiger partial charge in [0.25, 0.3) is 5.91 Å². The number of hydrogen-bond donors (Lipinski definition) is 2. The molecule has 15 heteroatoms. The number of carbonyl (C=O) groups is 1. The van der Waals surface area contributed by atoms with E-state index in [4.69, 9.17) is 18.9 Å². The normalized spacial score (nSPS) is 19.1. The third-order valence-corrected chi connectivity index (χ3v) is 6.46. The van der Waals surface area contributed by atoms with Crippen molar-refractivity contribution in [3.05, 3.63) is 49.1 Å². The molecule has 1 atom stereocenters. The monoisotopic (exact) mass is 542 g/mol. The fraction of sp³-hybridized carbons (Fsp3) is 0.391. The fourth-order valence-electron chi connectivity index (χ4n) is 4.30. The molecule has 4 aromatic heterocycles. The number of carbonyl (C=O) groups excluding carboxylic acids is 1. The van der Waals surface area contributed by atoms with Gasteiger partial charge in [0.2, 0.25) is 5.89 Å². The summed E-state index contributed by atoms with van der Waals surface area (Å²) in [4.78, 5) is 36.0. The lowest BCUT2D eigenvalue weighted by Crippen LogP contribution is -2.24. The van der Waals surface area contributed by atoms with E-state index in [0.29, 0.717) is 29.2 Å². The predicted octanol–water partition coefficient (Wildman–Crippen LogP) is 3.21. The van der Waals surface area contributed by atoms with Gasteiger partial charge >= 0.3 is 7.60 Å². The Labute approximate surface area is 217 Å². The van der Waals surface area contributed by atoms with Crippen LogP contribution >= 0.6 is 7.60 Å². The van der Waals surface area contributed by atoms with Crippen molar-refractivity contribution in [3.8, 4) is 22.8 Å². The molecule has 0 bridgehead atoms. The number of aromatic nitrogens is 7. The molecule has 0 radical (unpaired) electrons. The van der Waals surface area contributed by atoms with E-state index in [1.807, 2.05) is 11.6 Å². The highest BCUT2D eigenvalue weighted by Gasteiger charge is 2.26. The summed E-state index contributed by atoms with van der Waals surface area (Å²) in [7, 11) is -3.80. The highest BCUT2D eigenvalue weighted by Crippen LogP contribution is 2.34. The van der Waals surface area contributed by atoms with Crippen molar-refractivity contribution in [2.45, 2.75) is 44.8 Å². The molecule has 0 spiro atoms. The van der Waals surface area contributed by atoms with Gasteiger partial charge in [0.1, 0.15) is 17.7 Å². The molecule has 0 saturated heterocycles. The van der Waals surface area contributed by atoms with E-state index >= 15 is 0 Å². The van der Waals surface area contributed by atoms with Crippen molar-refractivity contribution in [1.82, 2.24) is 34.7 Å². The number of nitrogens with one attached hydrogen (secondary N) is 1. The summed E-state index contributed by atoms with van der Waals surface area (Å²) < 4.78 is 29.3. The molecule has 1 amide bonds. The largest absolute Gasteiger partial charge is 0.444 e.